The first-order chi connectivity index (χ1) is 29.7. The molecule has 4 rings (SSSR count). The van der Waals surface area contributed by atoms with Gasteiger partial charge in [-0.05, 0) is 42.5 Å². The summed E-state index contributed by atoms with van der Waals surface area (Å²) in [4.78, 5) is 46.9. The Morgan fingerprint density at radius 3 is 1.85 bits per heavy atom. The zero-order chi connectivity index (χ0) is 45.0. The van der Waals surface area contributed by atoms with Gasteiger partial charge in [0.25, 0.3) is 10.1 Å². The molecule has 1 aliphatic heterocycles. The van der Waals surface area contributed by atoms with Gasteiger partial charge in [-0.3, -0.25) is 18.6 Å². The molecule has 19 heteroatoms. The molecule has 0 aliphatic carbocycles. The lowest BCUT2D eigenvalue weighted by atomic mass is 9.85. The minimum Gasteiger partial charge on any atom is -0.391 e. The van der Waals surface area contributed by atoms with Gasteiger partial charge < -0.3 is 49.1 Å². The number of benzene rings is 2. The second-order valence-electron chi connectivity index (χ2n) is 15.6. The van der Waals surface area contributed by atoms with Crippen molar-refractivity contribution in [1.29, 1.82) is 0 Å². The number of thiazole rings is 1. The van der Waals surface area contributed by atoms with Crippen LogP contribution < -0.4 is 10.6 Å². The van der Waals surface area contributed by atoms with Crippen LogP contribution in [0.2, 0.25) is 0 Å². The van der Waals surface area contributed by atoms with Gasteiger partial charge in [0, 0.05) is 19.5 Å². The fourth-order valence-corrected chi connectivity index (χ4v) is 7.93. The summed E-state index contributed by atoms with van der Waals surface area (Å²) in [6.07, 6.45) is -0.782. The summed E-state index contributed by atoms with van der Waals surface area (Å²) < 4.78 is 62.0. The summed E-state index contributed by atoms with van der Waals surface area (Å²) in [6, 6.07) is 12.4. The molecule has 17 nitrogen and oxygen atoms in total. The van der Waals surface area contributed by atoms with Gasteiger partial charge in [0.2, 0.25) is 17.7 Å². The third-order valence-electron chi connectivity index (χ3n) is 9.58. The fraction of sp³-hybridized carbons (Fsp3) is 0.581. The number of amides is 3. The number of aliphatic hydroxyl groups excluding tert-OH is 1. The second-order valence-corrected chi connectivity index (χ2v) is 18.1. The molecule has 1 saturated heterocycles. The molecule has 3 N–H and O–H groups in total. The Morgan fingerprint density at radius 2 is 1.34 bits per heavy atom. The number of aliphatic hydroxyl groups is 1. The van der Waals surface area contributed by atoms with Crippen LogP contribution in [0.15, 0.2) is 58.9 Å². The largest absolute Gasteiger partial charge is 0.391 e. The number of aryl methyl sites for hydroxylation is 2. The fourth-order valence-electron chi connectivity index (χ4n) is 6.22. The van der Waals surface area contributed by atoms with E-state index in [0.29, 0.717) is 46.2 Å². The number of ether oxygens (including phenoxy) is 6. The zero-order valence-corrected chi connectivity index (χ0v) is 37.9. The maximum absolute atomic E-state index is 13.9. The minimum absolute atomic E-state index is 0.0214. The van der Waals surface area contributed by atoms with Crippen molar-refractivity contribution >= 4 is 39.2 Å². The first kappa shape index (κ1) is 50.8. The number of carbonyl (C=O) groups excluding carboxylic acids is 3. The van der Waals surface area contributed by atoms with Crippen molar-refractivity contribution < 1.29 is 60.5 Å². The summed E-state index contributed by atoms with van der Waals surface area (Å²) in [7, 11) is -3.81. The summed E-state index contributed by atoms with van der Waals surface area (Å²) >= 11 is 1.57. The molecule has 3 aromatic rings. The maximum atomic E-state index is 13.9. The molecule has 1 fully saturated rings. The Hall–Kier alpha value is -3.89. The number of carbonyl (C=O) groups is 3. The van der Waals surface area contributed by atoms with E-state index in [4.69, 9.17) is 32.6 Å². The van der Waals surface area contributed by atoms with Crippen LogP contribution in [0.5, 0.6) is 0 Å². The van der Waals surface area contributed by atoms with E-state index < -0.39 is 45.5 Å². The van der Waals surface area contributed by atoms with Crippen LogP contribution in [-0.2, 0) is 63.7 Å². The topological polar surface area (TPSA) is 210 Å². The van der Waals surface area contributed by atoms with Crippen molar-refractivity contribution in [2.45, 2.75) is 70.7 Å². The first-order valence-electron chi connectivity index (χ1n) is 20.6. The quantitative estimate of drug-likeness (QED) is 0.0707. The average molecular weight is 907 g/mol. The molecule has 344 valence electrons. The third kappa shape index (κ3) is 17.3. The molecular formula is C43H62N4O13S2. The lowest BCUT2D eigenvalue weighted by molar-refractivity contribution is -0.144. The third-order valence-corrected chi connectivity index (χ3v) is 11.9. The molecule has 1 aliphatic rings. The van der Waals surface area contributed by atoms with E-state index >= 15 is 0 Å². The summed E-state index contributed by atoms with van der Waals surface area (Å²) in [5.41, 5.74) is 4.95. The van der Waals surface area contributed by atoms with Crippen LogP contribution in [0.1, 0.15) is 44.0 Å². The number of rotatable bonds is 28. The molecule has 62 heavy (non-hydrogen) atoms. The van der Waals surface area contributed by atoms with Crippen LogP contribution >= 0.6 is 11.3 Å². The monoisotopic (exact) mass is 906 g/mol. The van der Waals surface area contributed by atoms with E-state index in [9.17, 15) is 27.9 Å². The molecule has 0 radical (unpaired) electrons. The smallest absolute Gasteiger partial charge is 0.297 e. The average Bonchev–Trinajstić information content (AvgIpc) is 3.85. The van der Waals surface area contributed by atoms with Crippen molar-refractivity contribution in [1.82, 2.24) is 20.5 Å². The van der Waals surface area contributed by atoms with Gasteiger partial charge in [-0.15, -0.1) is 11.3 Å². The molecule has 0 saturated carbocycles. The molecule has 0 spiro atoms. The van der Waals surface area contributed by atoms with Gasteiger partial charge in [0.15, 0.2) is 0 Å². The van der Waals surface area contributed by atoms with E-state index in [0.717, 1.165) is 27.3 Å². The minimum atomic E-state index is -3.81. The van der Waals surface area contributed by atoms with Gasteiger partial charge in [-0.2, -0.15) is 8.42 Å². The Balaban J connectivity index is 0.997. The van der Waals surface area contributed by atoms with E-state index in [1.807, 2.05) is 58.9 Å². The molecule has 3 atom stereocenters. The number of likely N-dealkylation sites (tertiary alicyclic amines) is 1. The molecule has 1 aromatic heterocycles. The van der Waals surface area contributed by atoms with Crippen molar-refractivity contribution in [3.63, 3.8) is 0 Å². The van der Waals surface area contributed by atoms with Gasteiger partial charge in [0.1, 0.15) is 18.7 Å². The Morgan fingerprint density at radius 1 is 0.806 bits per heavy atom. The normalized spacial score (nSPS) is 16.1. The number of nitrogens with zero attached hydrogens (tertiary/aromatic N) is 2. The predicted octanol–water partition coefficient (Wildman–Crippen LogP) is 3.04. The standard InChI is InChI=1S/C43H62N4O13S2/c1-31-6-12-36(13-7-31)62(52,53)60-25-24-58-21-20-56-17-16-54-14-15-55-18-19-57-22-23-59-29-38(49)46-40(43(3,4)5)42(51)47-28-35(48)26-37(47)41(50)44-27-33-8-10-34(11-9-33)39-32(2)45-30-61-39/h6-13,30,35,37,40,48H,14-29H2,1-5H3,(H,44,50)(H,46,49)/t35-,37+,40-/m1/s1. The predicted molar refractivity (Wildman–Crippen MR) is 231 cm³/mol. The van der Waals surface area contributed by atoms with Gasteiger partial charge in [-0.25, -0.2) is 4.98 Å². The lowest BCUT2D eigenvalue weighted by Gasteiger charge is -2.35. The Labute approximate surface area is 368 Å². The van der Waals surface area contributed by atoms with Gasteiger partial charge in [0.05, 0.1) is 106 Å². The SMILES string of the molecule is Cc1ccc(S(=O)(=O)OCCOCCOCCOCCOCCOCCOCC(=O)N[C@H](C(=O)N2C[C@H](O)C[C@H]2C(=O)NCc2ccc(-c3scnc3C)cc2)C(C)(C)C)cc1. The van der Waals surface area contributed by atoms with Crippen LogP contribution in [0.4, 0.5) is 0 Å². The number of aromatic nitrogens is 1. The highest BCUT2D eigenvalue weighted by Crippen LogP contribution is 2.28. The van der Waals surface area contributed by atoms with Crippen LogP contribution in [-0.4, -0.2) is 152 Å². The number of nitrogens with one attached hydrogen (secondary N) is 2. The molecule has 3 amide bonds. The molecular weight excluding hydrogens is 845 g/mol. The number of hydrogen-bond acceptors (Lipinski definition) is 15. The Kier molecular flexibility index (Phi) is 21.3. The van der Waals surface area contributed by atoms with E-state index in [-0.39, 0.29) is 70.0 Å². The van der Waals surface area contributed by atoms with Gasteiger partial charge in [-0.1, -0.05) is 62.7 Å². The highest BCUT2D eigenvalue weighted by molar-refractivity contribution is 7.86. The second kappa shape index (κ2) is 26.0. The summed E-state index contributed by atoms with van der Waals surface area (Å²) in [5, 5.41) is 16.2. The zero-order valence-electron chi connectivity index (χ0n) is 36.3. The first-order valence-corrected chi connectivity index (χ1v) is 22.9. The maximum Gasteiger partial charge on any atom is 0.297 e. The molecule has 2 aromatic carbocycles. The van der Waals surface area contributed by atoms with Crippen molar-refractivity contribution in [2.75, 3.05) is 92.4 Å². The molecule has 0 bridgehead atoms. The van der Waals surface area contributed by atoms with Crippen molar-refractivity contribution in [3.05, 3.63) is 70.9 Å². The van der Waals surface area contributed by atoms with Crippen LogP contribution in [0.3, 0.4) is 0 Å². The number of hydrogen-bond donors (Lipinski definition) is 3. The van der Waals surface area contributed by atoms with Crippen LogP contribution in [0, 0.1) is 19.3 Å². The van der Waals surface area contributed by atoms with E-state index in [1.54, 1.807) is 29.0 Å². The highest BCUT2D eigenvalue weighted by atomic mass is 32.2. The van der Waals surface area contributed by atoms with Crippen LogP contribution in [0.25, 0.3) is 10.4 Å². The van der Waals surface area contributed by atoms with Gasteiger partial charge >= 0.3 is 0 Å². The number of β-amino-alcohol motifs (C(OH)–C–C–N with tert-alkyl or cyclic N) is 1. The summed E-state index contributed by atoms with van der Waals surface area (Å²) in [5.74, 6) is -1.32. The summed E-state index contributed by atoms with van der Waals surface area (Å²) in [6.45, 7) is 12.4. The Bertz CT molecular complexity index is 1920. The highest BCUT2D eigenvalue weighted by Gasteiger charge is 2.44. The van der Waals surface area contributed by atoms with Crippen molar-refractivity contribution in [2.24, 2.45) is 5.41 Å². The van der Waals surface area contributed by atoms with E-state index in [2.05, 4.69) is 15.6 Å². The molecule has 0 unspecified atom stereocenters. The lowest BCUT2D eigenvalue weighted by Crippen LogP contribution is -2.58. The molecule has 2 heterocycles. The van der Waals surface area contributed by atoms with E-state index in [1.165, 1.54) is 17.0 Å². The van der Waals surface area contributed by atoms with Crippen molar-refractivity contribution in [3.8, 4) is 10.4 Å².